The van der Waals surface area contributed by atoms with Gasteiger partial charge in [-0.05, 0) is 0 Å². The van der Waals surface area contributed by atoms with E-state index in [-0.39, 0.29) is 12.0 Å². The summed E-state index contributed by atoms with van der Waals surface area (Å²) in [7, 11) is 0. The molecule has 13 heavy (non-hydrogen) atoms. The van der Waals surface area contributed by atoms with Crippen LogP contribution in [0.4, 0.5) is 0 Å². The summed E-state index contributed by atoms with van der Waals surface area (Å²) in [6.07, 6.45) is 7.95. The normalized spacial score (nSPS) is 35.4. The Morgan fingerprint density at radius 2 is 2.23 bits per heavy atom. The minimum Gasteiger partial charge on any atom is -0.459 e. The lowest BCUT2D eigenvalue weighted by atomic mass is 9.99. The topological polar surface area (TPSA) is 26.3 Å². The molecular formula is C9H8Cl2O2. The van der Waals surface area contributed by atoms with Crippen LogP contribution < -0.4 is 0 Å². The van der Waals surface area contributed by atoms with Gasteiger partial charge in [-0.25, -0.2) is 4.79 Å². The third-order valence-corrected chi connectivity index (χ3v) is 3.10. The maximum atomic E-state index is 11.2. The molecule has 0 amide bonds. The van der Waals surface area contributed by atoms with E-state index in [1.54, 1.807) is 0 Å². The van der Waals surface area contributed by atoms with Crippen molar-refractivity contribution in [2.24, 2.45) is 5.92 Å². The number of ether oxygens (including phenoxy) is 1. The quantitative estimate of drug-likeness (QED) is 0.461. The summed E-state index contributed by atoms with van der Waals surface area (Å²) in [4.78, 5) is 11.2. The van der Waals surface area contributed by atoms with E-state index in [4.69, 9.17) is 27.9 Å². The Hall–Kier alpha value is -0.470. The average molecular weight is 219 g/mol. The Morgan fingerprint density at radius 1 is 1.46 bits per heavy atom. The van der Waals surface area contributed by atoms with E-state index in [1.807, 2.05) is 24.3 Å². The van der Waals surface area contributed by atoms with Gasteiger partial charge in [0.25, 0.3) is 0 Å². The first-order valence-corrected chi connectivity index (χ1v) is 4.80. The fourth-order valence-electron chi connectivity index (χ4n) is 1.57. The predicted octanol–water partition coefficient (Wildman–Crippen LogP) is 2.22. The fraction of sp³-hybridized carbons (Fsp3) is 0.444. The molecule has 1 fully saturated rings. The number of carbonyl (C=O) groups is 1. The Kier molecular flexibility index (Phi) is 2.12. The summed E-state index contributed by atoms with van der Waals surface area (Å²) in [6, 6.07) is 0. The second kappa shape index (κ2) is 3.03. The molecule has 70 valence electrons. The molecule has 0 radical (unpaired) electrons. The molecular weight excluding hydrogens is 211 g/mol. The summed E-state index contributed by atoms with van der Waals surface area (Å²) in [6.45, 7) is 0. The first-order valence-electron chi connectivity index (χ1n) is 4.04. The minimum atomic E-state index is -1.41. The van der Waals surface area contributed by atoms with Gasteiger partial charge in [0.1, 0.15) is 6.10 Å². The minimum absolute atomic E-state index is 0.211. The molecule has 2 atom stereocenters. The van der Waals surface area contributed by atoms with Crippen LogP contribution >= 0.6 is 23.2 Å². The van der Waals surface area contributed by atoms with Crippen LogP contribution in [0, 0.1) is 5.92 Å². The molecule has 0 bridgehead atoms. The molecule has 0 N–H and O–H groups in total. The summed E-state index contributed by atoms with van der Waals surface area (Å²) in [5, 5.41) is 0. The van der Waals surface area contributed by atoms with E-state index in [0.717, 1.165) is 0 Å². The van der Waals surface area contributed by atoms with E-state index in [1.165, 1.54) is 0 Å². The maximum Gasteiger partial charge on any atom is 0.343 e. The third kappa shape index (κ3) is 1.38. The van der Waals surface area contributed by atoms with Crippen molar-refractivity contribution in [3.05, 3.63) is 24.3 Å². The van der Waals surface area contributed by atoms with Gasteiger partial charge in [0.15, 0.2) is 0 Å². The van der Waals surface area contributed by atoms with Crippen LogP contribution in [0.5, 0.6) is 0 Å². The number of allylic oxidation sites excluding steroid dienone is 2. The molecule has 0 unspecified atom stereocenters. The lowest BCUT2D eigenvalue weighted by Crippen LogP contribution is -2.28. The molecule has 1 saturated heterocycles. The van der Waals surface area contributed by atoms with Crippen molar-refractivity contribution >= 4 is 29.2 Å². The first-order chi connectivity index (χ1) is 6.12. The molecule has 0 saturated carbocycles. The van der Waals surface area contributed by atoms with Crippen LogP contribution in [0.1, 0.15) is 6.42 Å². The van der Waals surface area contributed by atoms with Crippen molar-refractivity contribution in [2.75, 3.05) is 0 Å². The summed E-state index contributed by atoms with van der Waals surface area (Å²) in [5.41, 5.74) is 0. The highest BCUT2D eigenvalue weighted by Gasteiger charge is 2.54. The second-order valence-electron chi connectivity index (χ2n) is 3.14. The standard InChI is InChI=1S/C9H8Cl2O2/c10-9(11)6-4-2-1-3-5-7(6)13-8(9)12/h1-4,6-7H,5H2/t6-,7+/m0/s1. The zero-order valence-corrected chi connectivity index (χ0v) is 8.26. The number of carbonyl (C=O) groups excluding carboxylic acids is 1. The number of hydrogen-bond acceptors (Lipinski definition) is 2. The largest absolute Gasteiger partial charge is 0.459 e. The van der Waals surface area contributed by atoms with Crippen LogP contribution in [0.3, 0.4) is 0 Å². The molecule has 4 heteroatoms. The number of fused-ring (bicyclic) bond motifs is 1. The highest BCUT2D eigenvalue weighted by atomic mass is 35.5. The van der Waals surface area contributed by atoms with E-state index in [9.17, 15) is 4.79 Å². The molecule has 0 aromatic rings. The molecule has 1 heterocycles. The first kappa shape index (κ1) is 9.10. The van der Waals surface area contributed by atoms with Gasteiger partial charge in [-0.3, -0.25) is 0 Å². The van der Waals surface area contributed by atoms with Crippen LogP contribution in [-0.4, -0.2) is 16.4 Å². The van der Waals surface area contributed by atoms with Gasteiger partial charge >= 0.3 is 5.97 Å². The molecule has 2 rings (SSSR count). The van der Waals surface area contributed by atoms with Gasteiger partial charge in [-0.2, -0.15) is 0 Å². The Labute approximate surface area is 86.1 Å². The second-order valence-corrected chi connectivity index (χ2v) is 4.53. The zero-order valence-electron chi connectivity index (χ0n) is 6.74. The fourth-order valence-corrected chi connectivity index (χ4v) is 2.09. The van der Waals surface area contributed by atoms with Gasteiger partial charge in [0.05, 0.1) is 5.92 Å². The Morgan fingerprint density at radius 3 is 3.00 bits per heavy atom. The molecule has 0 aromatic heterocycles. The van der Waals surface area contributed by atoms with Gasteiger partial charge in [0.2, 0.25) is 4.33 Å². The molecule has 0 spiro atoms. The number of rotatable bonds is 0. The molecule has 0 aromatic carbocycles. The Bertz CT molecular complexity index is 294. The molecule has 2 aliphatic rings. The summed E-state index contributed by atoms with van der Waals surface area (Å²) < 4.78 is 3.65. The zero-order chi connectivity index (χ0) is 9.47. The van der Waals surface area contributed by atoms with Gasteiger partial charge in [-0.1, -0.05) is 47.5 Å². The molecule has 1 aliphatic carbocycles. The van der Waals surface area contributed by atoms with Crippen molar-refractivity contribution < 1.29 is 9.53 Å². The van der Waals surface area contributed by atoms with Gasteiger partial charge in [-0.15, -0.1) is 0 Å². The van der Waals surface area contributed by atoms with Gasteiger partial charge in [0, 0.05) is 6.42 Å². The lowest BCUT2D eigenvalue weighted by Gasteiger charge is -2.16. The van der Waals surface area contributed by atoms with Crippen molar-refractivity contribution in [1.29, 1.82) is 0 Å². The van der Waals surface area contributed by atoms with Crippen LogP contribution in [0.25, 0.3) is 0 Å². The summed E-state index contributed by atoms with van der Waals surface area (Å²) in [5.74, 6) is -0.774. The van der Waals surface area contributed by atoms with Gasteiger partial charge < -0.3 is 4.74 Å². The van der Waals surface area contributed by atoms with E-state index in [2.05, 4.69) is 0 Å². The number of hydrogen-bond donors (Lipinski definition) is 0. The lowest BCUT2D eigenvalue weighted by molar-refractivity contribution is -0.141. The predicted molar refractivity (Wildman–Crippen MR) is 50.7 cm³/mol. The third-order valence-electron chi connectivity index (χ3n) is 2.28. The van der Waals surface area contributed by atoms with Crippen molar-refractivity contribution in [3.63, 3.8) is 0 Å². The van der Waals surface area contributed by atoms with Crippen molar-refractivity contribution in [1.82, 2.24) is 0 Å². The monoisotopic (exact) mass is 218 g/mol. The SMILES string of the molecule is O=C1O[C@@H]2CC=CC=C[C@@H]2C1(Cl)Cl. The van der Waals surface area contributed by atoms with Crippen LogP contribution in [-0.2, 0) is 9.53 Å². The smallest absolute Gasteiger partial charge is 0.343 e. The highest BCUT2D eigenvalue weighted by molar-refractivity contribution is 6.58. The van der Waals surface area contributed by atoms with E-state index < -0.39 is 10.3 Å². The van der Waals surface area contributed by atoms with Crippen LogP contribution in [0.2, 0.25) is 0 Å². The van der Waals surface area contributed by atoms with E-state index >= 15 is 0 Å². The number of halogens is 2. The average Bonchev–Trinajstić information content (AvgIpc) is 2.31. The maximum absolute atomic E-state index is 11.2. The number of alkyl halides is 2. The highest BCUT2D eigenvalue weighted by Crippen LogP contribution is 2.43. The van der Waals surface area contributed by atoms with Crippen molar-refractivity contribution in [3.8, 4) is 0 Å². The number of esters is 1. The molecule has 1 aliphatic heterocycles. The Balaban J connectivity index is 2.32. The molecule has 2 nitrogen and oxygen atoms in total. The van der Waals surface area contributed by atoms with Crippen LogP contribution in [0.15, 0.2) is 24.3 Å². The summed E-state index contributed by atoms with van der Waals surface area (Å²) >= 11 is 11.8. The van der Waals surface area contributed by atoms with E-state index in [0.29, 0.717) is 6.42 Å². The van der Waals surface area contributed by atoms with Crippen molar-refractivity contribution in [2.45, 2.75) is 16.9 Å².